The first-order valence-corrected chi connectivity index (χ1v) is 7.34. The minimum Gasteiger partial charge on any atom is -0.352 e. The average molecular weight is 244 g/mol. The maximum absolute atomic E-state index is 11.8. The van der Waals surface area contributed by atoms with Gasteiger partial charge < -0.3 is 10.6 Å². The second-order valence-corrected chi connectivity index (χ2v) is 6.08. The van der Waals surface area contributed by atoms with Crippen molar-refractivity contribution in [3.8, 4) is 0 Å². The maximum Gasteiger partial charge on any atom is 0.237 e. The summed E-state index contributed by atoms with van der Waals surface area (Å²) >= 11 is 1.92. The van der Waals surface area contributed by atoms with Gasteiger partial charge in [0.25, 0.3) is 0 Å². The Bertz CT molecular complexity index is 241. The van der Waals surface area contributed by atoms with E-state index in [0.717, 1.165) is 13.0 Å². The van der Waals surface area contributed by atoms with E-state index in [9.17, 15) is 4.79 Å². The molecule has 2 atom stereocenters. The van der Waals surface area contributed by atoms with Crippen molar-refractivity contribution in [3.63, 3.8) is 0 Å². The third kappa shape index (κ3) is 3.98. The molecule has 0 radical (unpaired) electrons. The molecule has 94 valence electrons. The van der Waals surface area contributed by atoms with E-state index < -0.39 is 0 Å². The molecule has 1 aliphatic rings. The van der Waals surface area contributed by atoms with E-state index in [-0.39, 0.29) is 18.0 Å². The molecular weight excluding hydrogens is 220 g/mol. The summed E-state index contributed by atoms with van der Waals surface area (Å²) in [4.78, 5) is 11.8. The Balaban J connectivity index is 2.23. The molecule has 1 rings (SSSR count). The number of hydrogen-bond acceptors (Lipinski definition) is 3. The highest BCUT2D eigenvalue weighted by Crippen LogP contribution is 2.46. The van der Waals surface area contributed by atoms with Crippen LogP contribution in [0.4, 0.5) is 0 Å². The van der Waals surface area contributed by atoms with Crippen molar-refractivity contribution < 1.29 is 4.79 Å². The van der Waals surface area contributed by atoms with Crippen LogP contribution in [0.5, 0.6) is 0 Å². The summed E-state index contributed by atoms with van der Waals surface area (Å²) in [6.45, 7) is 7.00. The molecule has 1 saturated carbocycles. The van der Waals surface area contributed by atoms with E-state index in [0.29, 0.717) is 4.75 Å². The zero-order valence-electron chi connectivity index (χ0n) is 10.8. The van der Waals surface area contributed by atoms with Crippen molar-refractivity contribution in [2.45, 2.75) is 56.9 Å². The van der Waals surface area contributed by atoms with Crippen molar-refractivity contribution in [1.29, 1.82) is 0 Å². The molecule has 1 amide bonds. The molecule has 0 aliphatic heterocycles. The molecule has 1 aliphatic carbocycles. The number of carbonyl (C=O) groups excluding carboxylic acids is 1. The Morgan fingerprint density at radius 2 is 2.06 bits per heavy atom. The summed E-state index contributed by atoms with van der Waals surface area (Å²) in [5.74, 6) is 0.117. The summed E-state index contributed by atoms with van der Waals surface area (Å²) in [5.41, 5.74) is 0. The van der Waals surface area contributed by atoms with Crippen LogP contribution in [0.25, 0.3) is 0 Å². The van der Waals surface area contributed by atoms with Crippen LogP contribution < -0.4 is 10.6 Å². The van der Waals surface area contributed by atoms with E-state index in [4.69, 9.17) is 0 Å². The lowest BCUT2D eigenvalue weighted by Crippen LogP contribution is -2.47. The van der Waals surface area contributed by atoms with Gasteiger partial charge in [-0.05, 0) is 39.4 Å². The Morgan fingerprint density at radius 1 is 1.44 bits per heavy atom. The fourth-order valence-corrected chi connectivity index (χ4v) is 2.23. The predicted molar refractivity (Wildman–Crippen MR) is 70.8 cm³/mol. The monoisotopic (exact) mass is 244 g/mol. The maximum atomic E-state index is 11.8. The first-order valence-electron chi connectivity index (χ1n) is 6.12. The molecule has 0 aromatic rings. The molecule has 3 nitrogen and oxygen atoms in total. The van der Waals surface area contributed by atoms with Crippen LogP contribution in [0.2, 0.25) is 0 Å². The average Bonchev–Trinajstić information content (AvgIpc) is 3.06. The van der Waals surface area contributed by atoms with Crippen LogP contribution in [-0.2, 0) is 4.79 Å². The lowest BCUT2D eigenvalue weighted by atomic mass is 10.2. The number of thioether (sulfide) groups is 1. The predicted octanol–water partition coefficient (Wildman–Crippen LogP) is 1.77. The third-order valence-electron chi connectivity index (χ3n) is 3.37. The minimum absolute atomic E-state index is 0.0846. The Morgan fingerprint density at radius 3 is 2.50 bits per heavy atom. The molecule has 0 aromatic heterocycles. The normalized spacial score (nSPS) is 21.2. The van der Waals surface area contributed by atoms with Crippen molar-refractivity contribution in [2.75, 3.05) is 12.8 Å². The molecular formula is C12H24N2OS. The first kappa shape index (κ1) is 13.8. The molecule has 1 fully saturated rings. The van der Waals surface area contributed by atoms with Crippen molar-refractivity contribution in [3.05, 3.63) is 0 Å². The first-order chi connectivity index (χ1) is 7.53. The number of hydrogen-bond donors (Lipinski definition) is 2. The molecule has 16 heavy (non-hydrogen) atoms. The van der Waals surface area contributed by atoms with Crippen LogP contribution in [0.1, 0.15) is 40.0 Å². The van der Waals surface area contributed by atoms with Crippen LogP contribution in [0.3, 0.4) is 0 Å². The van der Waals surface area contributed by atoms with Crippen LogP contribution >= 0.6 is 11.8 Å². The number of carbonyl (C=O) groups is 1. The topological polar surface area (TPSA) is 41.1 Å². The molecule has 0 spiro atoms. The van der Waals surface area contributed by atoms with Gasteiger partial charge in [0, 0.05) is 17.3 Å². The molecule has 0 aromatic carbocycles. The molecule has 0 heterocycles. The lowest BCUT2D eigenvalue weighted by Gasteiger charge is -2.20. The van der Waals surface area contributed by atoms with E-state index >= 15 is 0 Å². The second-order valence-electron chi connectivity index (χ2n) is 4.81. The van der Waals surface area contributed by atoms with Crippen molar-refractivity contribution in [1.82, 2.24) is 10.6 Å². The van der Waals surface area contributed by atoms with Gasteiger partial charge in [-0.3, -0.25) is 4.79 Å². The zero-order valence-corrected chi connectivity index (χ0v) is 11.6. The minimum atomic E-state index is -0.0846. The summed E-state index contributed by atoms with van der Waals surface area (Å²) in [6, 6.07) is 0.186. The van der Waals surface area contributed by atoms with Gasteiger partial charge in [-0.15, -0.1) is 0 Å². The van der Waals surface area contributed by atoms with Gasteiger partial charge in [0.15, 0.2) is 0 Å². The Labute approximate surface area is 103 Å². The molecule has 0 bridgehead atoms. The van der Waals surface area contributed by atoms with Gasteiger partial charge in [-0.2, -0.15) is 11.8 Å². The SMILES string of the molecule is CCC(C)NC(=O)C(C)NCC1(SC)CC1. The van der Waals surface area contributed by atoms with E-state index in [1.54, 1.807) is 0 Å². The highest BCUT2D eigenvalue weighted by molar-refractivity contribution is 8.00. The lowest BCUT2D eigenvalue weighted by molar-refractivity contribution is -0.123. The fraction of sp³-hybridized carbons (Fsp3) is 0.917. The second kappa shape index (κ2) is 5.92. The highest BCUT2D eigenvalue weighted by Gasteiger charge is 2.41. The quantitative estimate of drug-likeness (QED) is 0.717. The summed E-state index contributed by atoms with van der Waals surface area (Å²) in [7, 11) is 0. The summed E-state index contributed by atoms with van der Waals surface area (Å²) in [5, 5.41) is 6.33. The van der Waals surface area contributed by atoms with E-state index in [2.05, 4.69) is 23.8 Å². The van der Waals surface area contributed by atoms with E-state index in [1.807, 2.05) is 25.6 Å². The Kier molecular flexibility index (Phi) is 5.12. The van der Waals surface area contributed by atoms with Crippen molar-refractivity contribution in [2.24, 2.45) is 0 Å². The van der Waals surface area contributed by atoms with Crippen LogP contribution in [-0.4, -0.2) is 35.5 Å². The van der Waals surface area contributed by atoms with E-state index in [1.165, 1.54) is 12.8 Å². The van der Waals surface area contributed by atoms with Gasteiger partial charge in [0.2, 0.25) is 5.91 Å². The van der Waals surface area contributed by atoms with Gasteiger partial charge in [-0.25, -0.2) is 0 Å². The standard InChI is InChI=1S/C12H24N2OS/c1-5-9(2)14-11(15)10(3)13-8-12(16-4)6-7-12/h9-10,13H,5-8H2,1-4H3,(H,14,15). The van der Waals surface area contributed by atoms with Gasteiger partial charge in [-0.1, -0.05) is 6.92 Å². The van der Waals surface area contributed by atoms with Gasteiger partial charge >= 0.3 is 0 Å². The third-order valence-corrected chi connectivity index (χ3v) is 4.78. The Hall–Kier alpha value is -0.220. The van der Waals surface area contributed by atoms with Crippen LogP contribution in [0, 0.1) is 0 Å². The summed E-state index contributed by atoms with van der Waals surface area (Å²) < 4.78 is 0.422. The highest BCUT2D eigenvalue weighted by atomic mass is 32.2. The van der Waals surface area contributed by atoms with Gasteiger partial charge in [0.1, 0.15) is 0 Å². The number of amides is 1. The smallest absolute Gasteiger partial charge is 0.237 e. The molecule has 0 saturated heterocycles. The fourth-order valence-electron chi connectivity index (χ4n) is 1.49. The number of rotatable bonds is 7. The molecule has 2 unspecified atom stereocenters. The largest absolute Gasteiger partial charge is 0.352 e. The summed E-state index contributed by atoms with van der Waals surface area (Å²) in [6.07, 6.45) is 5.69. The molecule has 4 heteroatoms. The van der Waals surface area contributed by atoms with Crippen LogP contribution in [0.15, 0.2) is 0 Å². The van der Waals surface area contributed by atoms with Gasteiger partial charge in [0.05, 0.1) is 6.04 Å². The zero-order chi connectivity index (χ0) is 12.2. The molecule has 2 N–H and O–H groups in total. The number of nitrogens with one attached hydrogen (secondary N) is 2. The van der Waals surface area contributed by atoms with Crippen molar-refractivity contribution >= 4 is 17.7 Å².